The molecule has 2 aromatic rings. The highest BCUT2D eigenvalue weighted by molar-refractivity contribution is 5.78. The summed E-state index contributed by atoms with van der Waals surface area (Å²) in [4.78, 5) is 9.01. The van der Waals surface area contributed by atoms with Crippen molar-refractivity contribution in [2.24, 2.45) is 5.84 Å². The number of hydrazine groups is 1. The Morgan fingerprint density at radius 1 is 1.16 bits per heavy atom. The van der Waals surface area contributed by atoms with Crippen LogP contribution in [0.15, 0.2) is 4.63 Å². The Labute approximate surface area is 180 Å². The van der Waals surface area contributed by atoms with Gasteiger partial charge in [-0.25, -0.2) is 19.3 Å². The van der Waals surface area contributed by atoms with Gasteiger partial charge in [0, 0.05) is 20.5 Å². The van der Waals surface area contributed by atoms with E-state index in [1.807, 2.05) is 0 Å². The first-order valence-electron chi connectivity index (χ1n) is 9.51. The van der Waals surface area contributed by atoms with Gasteiger partial charge in [-0.1, -0.05) is 17.2 Å². The molecule has 0 saturated heterocycles. The fourth-order valence-corrected chi connectivity index (χ4v) is 2.57. The summed E-state index contributed by atoms with van der Waals surface area (Å²) in [7, 11) is 2.78. The largest absolute Gasteiger partial charge is 0.451 e. The van der Waals surface area contributed by atoms with Gasteiger partial charge in [-0.15, -0.1) is 0 Å². The fourth-order valence-electron chi connectivity index (χ4n) is 2.57. The van der Waals surface area contributed by atoms with Crippen molar-refractivity contribution in [2.75, 3.05) is 35.9 Å². The summed E-state index contributed by atoms with van der Waals surface area (Å²) in [5.74, 6) is 2.79. The number of ether oxygens (including phenoxy) is 1. The summed E-state index contributed by atoms with van der Waals surface area (Å²) in [6.07, 6.45) is -7.39. The molecule has 0 aliphatic heterocycles. The van der Waals surface area contributed by atoms with Gasteiger partial charge in [0.05, 0.1) is 13.1 Å². The molecule has 2 aromatic heterocycles. The minimum atomic E-state index is -4.70. The maximum absolute atomic E-state index is 14.0. The molecule has 2 heterocycles. The molecule has 0 spiro atoms. The van der Waals surface area contributed by atoms with E-state index in [0.29, 0.717) is 11.4 Å². The van der Waals surface area contributed by atoms with E-state index < -0.39 is 37.2 Å². The van der Waals surface area contributed by atoms with Crippen LogP contribution in [-0.2, 0) is 6.54 Å². The Bertz CT molecular complexity index is 908. The van der Waals surface area contributed by atoms with Gasteiger partial charge in [0.2, 0.25) is 0 Å². The van der Waals surface area contributed by atoms with Crippen LogP contribution in [0.2, 0.25) is 0 Å². The molecule has 0 bridgehead atoms. The molecule has 3 N–H and O–H groups in total. The Kier molecular flexibility index (Phi) is 7.64. The minimum Gasteiger partial charge on any atom is -0.451 e. The van der Waals surface area contributed by atoms with Crippen LogP contribution in [0.3, 0.4) is 0 Å². The SMILES string of the molecule is CCC(F)(F)CN(C)c1nc(O[C@@H](C)C(F)(F)F)nc(N(N)Cc2nonc2C)c1NC. The molecule has 0 fully saturated rings. The number of aromatic nitrogens is 4. The molecule has 0 aliphatic carbocycles. The highest BCUT2D eigenvalue weighted by atomic mass is 19.4. The molecule has 0 unspecified atom stereocenters. The quantitative estimate of drug-likeness (QED) is 0.306. The van der Waals surface area contributed by atoms with Gasteiger partial charge in [-0.05, 0) is 13.8 Å². The summed E-state index contributed by atoms with van der Waals surface area (Å²) in [5, 5.41) is 11.1. The highest BCUT2D eigenvalue weighted by Gasteiger charge is 2.39. The van der Waals surface area contributed by atoms with Gasteiger partial charge in [-0.3, -0.25) is 5.01 Å². The van der Waals surface area contributed by atoms with Crippen molar-refractivity contribution in [1.29, 1.82) is 0 Å². The summed E-state index contributed by atoms with van der Waals surface area (Å²) in [6.45, 7) is 2.86. The smallest absolute Gasteiger partial charge is 0.425 e. The zero-order chi connectivity index (χ0) is 24.3. The maximum atomic E-state index is 14.0. The van der Waals surface area contributed by atoms with E-state index in [4.69, 9.17) is 10.6 Å². The second-order valence-electron chi connectivity index (χ2n) is 7.07. The van der Waals surface area contributed by atoms with Crippen LogP contribution >= 0.6 is 0 Å². The zero-order valence-electron chi connectivity index (χ0n) is 18.2. The lowest BCUT2D eigenvalue weighted by Gasteiger charge is -2.28. The average Bonchev–Trinajstić information content (AvgIpc) is 3.10. The Morgan fingerprint density at radius 3 is 2.28 bits per heavy atom. The minimum absolute atomic E-state index is 0.0937. The lowest BCUT2D eigenvalue weighted by atomic mass is 10.2. The summed E-state index contributed by atoms with van der Waals surface area (Å²) in [5.41, 5.74) is 0.873. The Hall–Kier alpha value is -2.97. The van der Waals surface area contributed by atoms with E-state index in [-0.39, 0.29) is 23.9 Å². The molecule has 0 aliphatic rings. The van der Waals surface area contributed by atoms with Gasteiger partial charge in [0.25, 0.3) is 5.92 Å². The number of aryl methyl sites for hydroxylation is 1. The third-order valence-electron chi connectivity index (χ3n) is 4.53. The lowest BCUT2D eigenvalue weighted by Crippen LogP contribution is -2.37. The number of halogens is 5. The molecule has 0 saturated carbocycles. The molecule has 0 amide bonds. The number of hydrogen-bond acceptors (Lipinski definition) is 10. The predicted molar refractivity (Wildman–Crippen MR) is 106 cm³/mol. The number of nitrogens with one attached hydrogen (secondary N) is 1. The van der Waals surface area contributed by atoms with Crippen LogP contribution in [-0.4, -0.2) is 59.1 Å². The van der Waals surface area contributed by atoms with Crippen molar-refractivity contribution in [3.05, 3.63) is 11.4 Å². The van der Waals surface area contributed by atoms with Gasteiger partial charge in [0.1, 0.15) is 17.1 Å². The normalized spacial score (nSPS) is 13.1. The summed E-state index contributed by atoms with van der Waals surface area (Å²) < 4.78 is 76.5. The molecular weight excluding hydrogens is 443 g/mol. The van der Waals surface area contributed by atoms with E-state index in [2.05, 4.69) is 30.2 Å². The van der Waals surface area contributed by atoms with E-state index >= 15 is 0 Å². The van der Waals surface area contributed by atoms with E-state index in [1.165, 1.54) is 21.0 Å². The van der Waals surface area contributed by atoms with Gasteiger partial charge >= 0.3 is 12.2 Å². The van der Waals surface area contributed by atoms with Crippen LogP contribution in [0.4, 0.5) is 39.3 Å². The molecule has 0 aromatic carbocycles. The topological polar surface area (TPSA) is 118 Å². The molecule has 0 radical (unpaired) electrons. The molecular formula is C17H25F5N8O2. The first kappa shape index (κ1) is 25.3. The van der Waals surface area contributed by atoms with Crippen LogP contribution in [0.25, 0.3) is 0 Å². The zero-order valence-corrected chi connectivity index (χ0v) is 18.2. The fraction of sp³-hybridized carbons (Fsp3) is 0.647. The van der Waals surface area contributed by atoms with Gasteiger partial charge in [0.15, 0.2) is 17.7 Å². The number of rotatable bonds is 10. The van der Waals surface area contributed by atoms with Crippen molar-refractivity contribution in [1.82, 2.24) is 20.3 Å². The summed E-state index contributed by atoms with van der Waals surface area (Å²) >= 11 is 0. The van der Waals surface area contributed by atoms with E-state index in [0.717, 1.165) is 16.8 Å². The first-order valence-corrected chi connectivity index (χ1v) is 9.51. The molecule has 2 rings (SSSR count). The van der Waals surface area contributed by atoms with Crippen molar-refractivity contribution >= 4 is 17.3 Å². The molecule has 10 nitrogen and oxygen atoms in total. The molecule has 1 atom stereocenters. The Morgan fingerprint density at radius 2 is 1.78 bits per heavy atom. The number of nitrogens with two attached hydrogens (primary N) is 1. The average molecular weight is 468 g/mol. The van der Waals surface area contributed by atoms with Crippen LogP contribution in [0, 0.1) is 6.92 Å². The molecule has 15 heteroatoms. The Balaban J connectivity index is 2.53. The van der Waals surface area contributed by atoms with Gasteiger partial charge in [-0.2, -0.15) is 23.1 Å². The first-order chi connectivity index (χ1) is 14.8. The number of anilines is 3. The number of alkyl halides is 5. The standard InChI is InChI=1S/C17H25F5N8O2/c1-6-16(18,19)8-29(5)13-12(24-4)14(30(23)7-11-9(2)27-32-28-11)26-15(25-13)31-10(3)17(20,21)22/h10,24H,6-8,23H2,1-5H3/t10-/m0/s1. The second kappa shape index (κ2) is 9.67. The second-order valence-corrected chi connectivity index (χ2v) is 7.07. The van der Waals surface area contributed by atoms with Crippen molar-refractivity contribution < 1.29 is 31.3 Å². The predicted octanol–water partition coefficient (Wildman–Crippen LogP) is 2.90. The van der Waals surface area contributed by atoms with E-state index in [1.54, 1.807) is 6.92 Å². The van der Waals surface area contributed by atoms with Crippen LogP contribution in [0.1, 0.15) is 31.7 Å². The van der Waals surface area contributed by atoms with Crippen molar-refractivity contribution in [2.45, 2.75) is 51.9 Å². The van der Waals surface area contributed by atoms with Crippen molar-refractivity contribution in [3.8, 4) is 6.01 Å². The molecule has 180 valence electrons. The number of nitrogens with zero attached hydrogens (tertiary/aromatic N) is 6. The van der Waals surface area contributed by atoms with Crippen LogP contribution < -0.4 is 25.8 Å². The summed E-state index contributed by atoms with van der Waals surface area (Å²) in [6, 6.07) is -0.684. The third-order valence-corrected chi connectivity index (χ3v) is 4.53. The highest BCUT2D eigenvalue weighted by Crippen LogP contribution is 2.36. The van der Waals surface area contributed by atoms with Crippen molar-refractivity contribution in [3.63, 3.8) is 0 Å². The molecule has 32 heavy (non-hydrogen) atoms. The maximum Gasteiger partial charge on any atom is 0.425 e. The van der Waals surface area contributed by atoms with Crippen LogP contribution in [0.5, 0.6) is 6.01 Å². The van der Waals surface area contributed by atoms with Gasteiger partial charge < -0.3 is 15.0 Å². The van der Waals surface area contributed by atoms with E-state index in [9.17, 15) is 22.0 Å². The third kappa shape index (κ3) is 6.05. The number of hydrogen-bond donors (Lipinski definition) is 2. The lowest BCUT2D eigenvalue weighted by molar-refractivity contribution is -0.190. The monoisotopic (exact) mass is 468 g/mol.